The summed E-state index contributed by atoms with van der Waals surface area (Å²) in [5, 5.41) is 14.5. The number of hydrogen-bond acceptors (Lipinski definition) is 4. The van der Waals surface area contributed by atoms with Crippen LogP contribution in [0.1, 0.15) is 44.0 Å². The predicted octanol–water partition coefficient (Wildman–Crippen LogP) is 2.37. The molecule has 0 aliphatic rings. The zero-order valence-corrected chi connectivity index (χ0v) is 11.7. The molecule has 1 atom stereocenters. The fourth-order valence-electron chi connectivity index (χ4n) is 2.16. The smallest absolute Gasteiger partial charge is 0.138 e. The number of aliphatic hydroxyl groups excluding tert-OH is 1. The lowest BCUT2D eigenvalue weighted by Gasteiger charge is -2.12. The lowest BCUT2D eigenvalue weighted by Crippen LogP contribution is -2.13. The van der Waals surface area contributed by atoms with E-state index in [1.165, 1.54) is 0 Å². The summed E-state index contributed by atoms with van der Waals surface area (Å²) in [6.07, 6.45) is 3.80. The van der Waals surface area contributed by atoms with Gasteiger partial charge in [0.1, 0.15) is 17.9 Å². The number of aromatic nitrogens is 3. The minimum absolute atomic E-state index is 0.458. The Hall–Kier alpha value is -1.62. The monoisotopic (exact) mass is 263 g/mol. The van der Waals surface area contributed by atoms with Crippen molar-refractivity contribution in [1.82, 2.24) is 14.8 Å². The van der Waals surface area contributed by atoms with Crippen molar-refractivity contribution in [1.29, 1.82) is 0 Å². The summed E-state index contributed by atoms with van der Waals surface area (Å²) in [4.78, 5) is 4.24. The lowest BCUT2D eigenvalue weighted by atomic mass is 10.1. The molecule has 1 N–H and O–H groups in total. The Morgan fingerprint density at radius 2 is 2.21 bits per heavy atom. The van der Waals surface area contributed by atoms with Crippen LogP contribution in [0.15, 0.2) is 23.1 Å². The number of hydrogen-bond donors (Lipinski definition) is 1. The van der Waals surface area contributed by atoms with E-state index in [4.69, 9.17) is 4.42 Å². The Labute approximate surface area is 113 Å². The average Bonchev–Trinajstić information content (AvgIpc) is 2.97. The van der Waals surface area contributed by atoms with Gasteiger partial charge in [0.15, 0.2) is 0 Å². The fraction of sp³-hybridized carbons (Fsp3) is 0.571. The molecule has 5 heteroatoms. The van der Waals surface area contributed by atoms with Crippen LogP contribution in [0.4, 0.5) is 0 Å². The maximum Gasteiger partial charge on any atom is 0.138 e. The van der Waals surface area contributed by atoms with Gasteiger partial charge in [0.05, 0.1) is 12.4 Å². The standard InChI is InChI=1S/C14H21N3O2/c1-4-13-11(5-6-19-13)12(18)7-14-15-9-16-17(14)8-10(2)3/h5-6,9-10,12,18H,4,7-8H2,1-3H3. The van der Waals surface area contributed by atoms with E-state index in [0.29, 0.717) is 12.3 Å². The van der Waals surface area contributed by atoms with E-state index in [-0.39, 0.29) is 0 Å². The largest absolute Gasteiger partial charge is 0.469 e. The SMILES string of the molecule is CCc1occc1C(O)Cc1ncnn1CC(C)C. The Bertz CT molecular complexity index is 516. The molecule has 0 aliphatic heterocycles. The molecule has 19 heavy (non-hydrogen) atoms. The Morgan fingerprint density at radius 3 is 2.89 bits per heavy atom. The van der Waals surface area contributed by atoms with Gasteiger partial charge in [-0.15, -0.1) is 0 Å². The molecule has 0 spiro atoms. The number of aliphatic hydroxyl groups is 1. The molecule has 2 heterocycles. The van der Waals surface area contributed by atoms with Crippen LogP contribution in [0.5, 0.6) is 0 Å². The highest BCUT2D eigenvalue weighted by molar-refractivity contribution is 5.20. The molecule has 0 saturated carbocycles. The first-order valence-electron chi connectivity index (χ1n) is 6.72. The topological polar surface area (TPSA) is 64.1 Å². The van der Waals surface area contributed by atoms with Gasteiger partial charge in [0.25, 0.3) is 0 Å². The van der Waals surface area contributed by atoms with Crippen molar-refractivity contribution >= 4 is 0 Å². The van der Waals surface area contributed by atoms with Gasteiger partial charge >= 0.3 is 0 Å². The molecular formula is C14H21N3O2. The second kappa shape index (κ2) is 6.02. The summed E-state index contributed by atoms with van der Waals surface area (Å²) < 4.78 is 7.21. The van der Waals surface area contributed by atoms with Crippen molar-refractivity contribution in [2.45, 2.75) is 46.3 Å². The van der Waals surface area contributed by atoms with Crippen molar-refractivity contribution in [2.24, 2.45) is 5.92 Å². The Morgan fingerprint density at radius 1 is 1.42 bits per heavy atom. The molecule has 0 aromatic carbocycles. The van der Waals surface area contributed by atoms with Crippen molar-refractivity contribution in [3.05, 3.63) is 35.8 Å². The maximum absolute atomic E-state index is 10.3. The minimum atomic E-state index is -0.594. The molecule has 5 nitrogen and oxygen atoms in total. The molecule has 0 aliphatic carbocycles. The third kappa shape index (κ3) is 3.23. The second-order valence-electron chi connectivity index (χ2n) is 5.12. The van der Waals surface area contributed by atoms with Crippen molar-refractivity contribution in [3.63, 3.8) is 0 Å². The number of nitrogens with zero attached hydrogens (tertiary/aromatic N) is 3. The highest BCUT2D eigenvalue weighted by Gasteiger charge is 2.18. The number of rotatable bonds is 6. The Balaban J connectivity index is 2.11. The van der Waals surface area contributed by atoms with Gasteiger partial charge in [-0.05, 0) is 12.0 Å². The van der Waals surface area contributed by atoms with E-state index in [0.717, 1.165) is 30.1 Å². The van der Waals surface area contributed by atoms with Gasteiger partial charge in [-0.25, -0.2) is 9.67 Å². The average molecular weight is 263 g/mol. The molecule has 104 valence electrons. The van der Waals surface area contributed by atoms with Crippen LogP contribution >= 0.6 is 0 Å². The summed E-state index contributed by atoms with van der Waals surface area (Å²) >= 11 is 0. The Kier molecular flexibility index (Phi) is 4.37. The zero-order valence-electron chi connectivity index (χ0n) is 11.7. The lowest BCUT2D eigenvalue weighted by molar-refractivity contribution is 0.171. The van der Waals surface area contributed by atoms with Crippen LogP contribution < -0.4 is 0 Å². The van der Waals surface area contributed by atoms with Crippen LogP contribution in [-0.4, -0.2) is 19.9 Å². The number of aryl methyl sites for hydroxylation is 1. The molecular weight excluding hydrogens is 242 g/mol. The maximum atomic E-state index is 10.3. The van der Waals surface area contributed by atoms with Gasteiger partial charge in [-0.1, -0.05) is 20.8 Å². The molecule has 0 amide bonds. The summed E-state index contributed by atoms with van der Waals surface area (Å²) in [7, 11) is 0. The second-order valence-corrected chi connectivity index (χ2v) is 5.12. The minimum Gasteiger partial charge on any atom is -0.469 e. The van der Waals surface area contributed by atoms with Gasteiger partial charge in [-0.3, -0.25) is 0 Å². The van der Waals surface area contributed by atoms with E-state index in [1.807, 2.05) is 17.7 Å². The summed E-state index contributed by atoms with van der Waals surface area (Å²) in [6.45, 7) is 7.09. The molecule has 2 aromatic heterocycles. The van der Waals surface area contributed by atoms with Crippen molar-refractivity contribution < 1.29 is 9.52 Å². The number of furan rings is 1. The third-order valence-electron chi connectivity index (χ3n) is 3.07. The molecule has 0 bridgehead atoms. The van der Waals surface area contributed by atoms with Gasteiger partial charge in [0.2, 0.25) is 0 Å². The van der Waals surface area contributed by atoms with E-state index in [1.54, 1.807) is 12.6 Å². The molecule has 0 radical (unpaired) electrons. The fourth-order valence-corrected chi connectivity index (χ4v) is 2.16. The van der Waals surface area contributed by atoms with Crippen molar-refractivity contribution in [3.8, 4) is 0 Å². The first-order valence-corrected chi connectivity index (χ1v) is 6.72. The highest BCUT2D eigenvalue weighted by atomic mass is 16.3. The van der Waals surface area contributed by atoms with Crippen molar-refractivity contribution in [2.75, 3.05) is 0 Å². The third-order valence-corrected chi connectivity index (χ3v) is 3.07. The molecule has 2 aromatic rings. The predicted molar refractivity (Wildman–Crippen MR) is 71.6 cm³/mol. The van der Waals surface area contributed by atoms with Crippen LogP contribution in [0.2, 0.25) is 0 Å². The van der Waals surface area contributed by atoms with Crippen LogP contribution in [0.3, 0.4) is 0 Å². The van der Waals surface area contributed by atoms with Crippen LogP contribution in [-0.2, 0) is 19.4 Å². The van der Waals surface area contributed by atoms with E-state index < -0.39 is 6.10 Å². The molecule has 0 saturated heterocycles. The molecule has 2 rings (SSSR count). The summed E-state index contributed by atoms with van der Waals surface area (Å²) in [5.74, 6) is 2.14. The first-order chi connectivity index (χ1) is 9.11. The summed E-state index contributed by atoms with van der Waals surface area (Å²) in [5.41, 5.74) is 0.849. The van der Waals surface area contributed by atoms with Gasteiger partial charge < -0.3 is 9.52 Å². The molecule has 1 unspecified atom stereocenters. The van der Waals surface area contributed by atoms with Gasteiger partial charge in [-0.2, -0.15) is 5.10 Å². The van der Waals surface area contributed by atoms with E-state index >= 15 is 0 Å². The highest BCUT2D eigenvalue weighted by Crippen LogP contribution is 2.23. The first kappa shape index (κ1) is 13.8. The summed E-state index contributed by atoms with van der Waals surface area (Å²) in [6, 6.07) is 1.83. The quantitative estimate of drug-likeness (QED) is 0.869. The zero-order chi connectivity index (χ0) is 13.8. The van der Waals surface area contributed by atoms with E-state index in [2.05, 4.69) is 23.9 Å². The normalized spacial score (nSPS) is 13.1. The van der Waals surface area contributed by atoms with Crippen LogP contribution in [0, 0.1) is 5.92 Å². The molecule has 0 fully saturated rings. The van der Waals surface area contributed by atoms with Crippen LogP contribution in [0.25, 0.3) is 0 Å². The van der Waals surface area contributed by atoms with Gasteiger partial charge in [0, 0.05) is 24.9 Å². The van der Waals surface area contributed by atoms with E-state index in [9.17, 15) is 5.11 Å².